The zero-order chi connectivity index (χ0) is 28.0. The van der Waals surface area contributed by atoms with Crippen molar-refractivity contribution in [2.45, 2.75) is 25.8 Å². The first-order chi connectivity index (χ1) is 19.3. The van der Waals surface area contributed by atoms with Gasteiger partial charge in [-0.3, -0.25) is 14.2 Å². The van der Waals surface area contributed by atoms with Gasteiger partial charge in [0.05, 0.1) is 30.1 Å². The molecular formula is C27H27F2N7O4. The number of amides is 2. The Morgan fingerprint density at radius 1 is 1.10 bits per heavy atom. The van der Waals surface area contributed by atoms with Crippen molar-refractivity contribution >= 4 is 22.9 Å². The molecule has 2 aliphatic rings. The summed E-state index contributed by atoms with van der Waals surface area (Å²) in [6, 6.07) is 9.93. The number of urea groups is 1. The van der Waals surface area contributed by atoms with Crippen LogP contribution in [0.1, 0.15) is 11.1 Å². The predicted molar refractivity (Wildman–Crippen MR) is 142 cm³/mol. The molecule has 0 bridgehead atoms. The number of carbonyl (C=O) groups is 1. The van der Waals surface area contributed by atoms with Crippen LogP contribution < -0.4 is 20.5 Å². The van der Waals surface area contributed by atoms with E-state index in [1.165, 1.54) is 16.8 Å². The maximum Gasteiger partial charge on any atom is 0.387 e. The van der Waals surface area contributed by atoms with Gasteiger partial charge in [-0.25, -0.2) is 14.8 Å². The molecule has 208 valence electrons. The maximum absolute atomic E-state index is 13.1. The molecule has 11 nitrogen and oxygen atoms in total. The zero-order valence-corrected chi connectivity index (χ0v) is 21.6. The van der Waals surface area contributed by atoms with E-state index in [9.17, 15) is 23.5 Å². The summed E-state index contributed by atoms with van der Waals surface area (Å²) in [5.74, 6) is 0.552. The fraction of sp³-hybridized carbons (Fsp3) is 0.333. The van der Waals surface area contributed by atoms with Crippen molar-refractivity contribution in [3.05, 3.63) is 70.3 Å². The normalized spacial score (nSPS) is 17.0. The minimum absolute atomic E-state index is 0.0276. The molecule has 40 heavy (non-hydrogen) atoms. The van der Waals surface area contributed by atoms with Crippen LogP contribution in [-0.4, -0.2) is 74.2 Å². The number of piperazine rings is 1. The van der Waals surface area contributed by atoms with Crippen molar-refractivity contribution in [1.82, 2.24) is 29.5 Å². The molecule has 2 fully saturated rings. The highest BCUT2D eigenvalue weighted by atomic mass is 19.3. The number of nitrogens with one attached hydrogen (secondary N) is 1. The molecule has 4 heterocycles. The maximum atomic E-state index is 13.1. The molecular weight excluding hydrogens is 524 g/mol. The van der Waals surface area contributed by atoms with Gasteiger partial charge in [0.2, 0.25) is 5.95 Å². The summed E-state index contributed by atoms with van der Waals surface area (Å²) in [5.41, 5.74) is 2.82. The number of nitrogens with zero attached hydrogens (tertiary/aromatic N) is 6. The Hall–Kier alpha value is -4.52. The fourth-order valence-corrected chi connectivity index (χ4v) is 5.39. The lowest BCUT2D eigenvalue weighted by Crippen LogP contribution is -2.52. The SMILES string of the molecule is Cn1c(=O)c2ccc(-c3cnc(N4CCN5C(=O)NC[C@H]5C4)nc3)cc2n1Cc1cc(CO)ccc1OC(F)F. The summed E-state index contributed by atoms with van der Waals surface area (Å²) in [6.45, 7) is -0.718. The van der Waals surface area contributed by atoms with Gasteiger partial charge < -0.3 is 25.0 Å². The van der Waals surface area contributed by atoms with Crippen LogP contribution in [-0.2, 0) is 20.2 Å². The molecule has 2 aliphatic heterocycles. The van der Waals surface area contributed by atoms with Crippen molar-refractivity contribution < 1.29 is 23.4 Å². The lowest BCUT2D eigenvalue weighted by molar-refractivity contribution is -0.0505. The minimum Gasteiger partial charge on any atom is -0.434 e. The molecule has 0 spiro atoms. The molecule has 6 rings (SSSR count). The van der Waals surface area contributed by atoms with Crippen LogP contribution in [0.5, 0.6) is 5.75 Å². The van der Waals surface area contributed by atoms with Crippen molar-refractivity contribution in [2.24, 2.45) is 7.05 Å². The molecule has 0 saturated carbocycles. The van der Waals surface area contributed by atoms with E-state index in [1.807, 2.05) is 17.0 Å². The van der Waals surface area contributed by atoms with Gasteiger partial charge in [-0.1, -0.05) is 12.1 Å². The molecule has 4 aromatic rings. The third-order valence-corrected chi connectivity index (χ3v) is 7.49. The Labute approximate surface area is 227 Å². The highest BCUT2D eigenvalue weighted by molar-refractivity contribution is 5.84. The number of aliphatic hydroxyl groups excluding tert-OH is 1. The van der Waals surface area contributed by atoms with Gasteiger partial charge in [0.1, 0.15) is 5.75 Å². The Morgan fingerprint density at radius 2 is 1.90 bits per heavy atom. The van der Waals surface area contributed by atoms with Crippen LogP contribution in [0.25, 0.3) is 22.0 Å². The Balaban J connectivity index is 1.30. The van der Waals surface area contributed by atoms with Gasteiger partial charge in [0.25, 0.3) is 5.56 Å². The number of fused-ring (bicyclic) bond motifs is 2. The molecule has 0 unspecified atom stereocenters. The molecule has 2 aromatic carbocycles. The van der Waals surface area contributed by atoms with E-state index in [2.05, 4.69) is 20.2 Å². The lowest BCUT2D eigenvalue weighted by atomic mass is 10.1. The third-order valence-electron chi connectivity index (χ3n) is 7.49. The Morgan fingerprint density at radius 3 is 2.65 bits per heavy atom. The molecule has 0 aliphatic carbocycles. The average Bonchev–Trinajstić information content (AvgIpc) is 3.45. The predicted octanol–water partition coefficient (Wildman–Crippen LogP) is 2.15. The quantitative estimate of drug-likeness (QED) is 0.362. The lowest BCUT2D eigenvalue weighted by Gasteiger charge is -2.36. The molecule has 2 aromatic heterocycles. The van der Waals surface area contributed by atoms with Gasteiger partial charge in [0.15, 0.2) is 0 Å². The van der Waals surface area contributed by atoms with Crippen LogP contribution in [0.3, 0.4) is 0 Å². The number of anilines is 1. The first-order valence-electron chi connectivity index (χ1n) is 12.8. The number of alkyl halides is 2. The topological polar surface area (TPSA) is 118 Å². The van der Waals surface area contributed by atoms with Crippen LogP contribution in [0.4, 0.5) is 19.5 Å². The van der Waals surface area contributed by atoms with E-state index >= 15 is 0 Å². The van der Waals surface area contributed by atoms with E-state index in [0.29, 0.717) is 54.2 Å². The second kappa shape index (κ2) is 10.2. The summed E-state index contributed by atoms with van der Waals surface area (Å²) in [4.78, 5) is 37.9. The summed E-state index contributed by atoms with van der Waals surface area (Å²) in [6.07, 6.45) is 3.44. The second-order valence-electron chi connectivity index (χ2n) is 9.85. The minimum atomic E-state index is -3.01. The third kappa shape index (κ3) is 4.62. The number of ether oxygens (including phenoxy) is 1. The van der Waals surface area contributed by atoms with Crippen LogP contribution in [0, 0.1) is 0 Å². The molecule has 1 atom stereocenters. The first kappa shape index (κ1) is 25.7. The fourth-order valence-electron chi connectivity index (χ4n) is 5.39. The van der Waals surface area contributed by atoms with Crippen LogP contribution >= 0.6 is 0 Å². The molecule has 2 amide bonds. The monoisotopic (exact) mass is 551 g/mol. The van der Waals surface area contributed by atoms with Gasteiger partial charge in [-0.15, -0.1) is 0 Å². The van der Waals surface area contributed by atoms with E-state index in [1.54, 1.807) is 36.3 Å². The molecule has 2 N–H and O–H groups in total. The van der Waals surface area contributed by atoms with Gasteiger partial charge >= 0.3 is 12.6 Å². The highest BCUT2D eigenvalue weighted by Gasteiger charge is 2.36. The van der Waals surface area contributed by atoms with E-state index in [4.69, 9.17) is 4.74 Å². The van der Waals surface area contributed by atoms with Crippen LogP contribution in [0.15, 0.2) is 53.6 Å². The number of aliphatic hydroxyl groups is 1. The number of aromatic nitrogens is 4. The number of halogens is 2. The number of carbonyl (C=O) groups excluding carboxylic acids is 1. The number of hydrogen-bond acceptors (Lipinski definition) is 7. The van der Waals surface area contributed by atoms with E-state index in [-0.39, 0.29) is 36.5 Å². The van der Waals surface area contributed by atoms with Crippen molar-refractivity contribution in [3.63, 3.8) is 0 Å². The highest BCUT2D eigenvalue weighted by Crippen LogP contribution is 2.28. The van der Waals surface area contributed by atoms with Crippen LogP contribution in [0.2, 0.25) is 0 Å². The van der Waals surface area contributed by atoms with Crippen molar-refractivity contribution in [1.29, 1.82) is 0 Å². The van der Waals surface area contributed by atoms with Crippen molar-refractivity contribution in [3.8, 4) is 16.9 Å². The Kier molecular flexibility index (Phi) is 6.58. The molecule has 0 radical (unpaired) electrons. The van der Waals surface area contributed by atoms with Gasteiger partial charge in [-0.05, 0) is 35.4 Å². The largest absolute Gasteiger partial charge is 0.434 e. The van der Waals surface area contributed by atoms with Gasteiger partial charge in [-0.2, -0.15) is 8.78 Å². The molecule has 2 saturated heterocycles. The average molecular weight is 552 g/mol. The van der Waals surface area contributed by atoms with E-state index < -0.39 is 6.61 Å². The summed E-state index contributed by atoms with van der Waals surface area (Å²) in [5, 5.41) is 12.9. The van der Waals surface area contributed by atoms with Crippen molar-refractivity contribution in [2.75, 3.05) is 31.1 Å². The summed E-state index contributed by atoms with van der Waals surface area (Å²) >= 11 is 0. The second-order valence-corrected chi connectivity index (χ2v) is 9.85. The summed E-state index contributed by atoms with van der Waals surface area (Å²) in [7, 11) is 1.61. The number of hydrogen-bond donors (Lipinski definition) is 2. The first-order valence-corrected chi connectivity index (χ1v) is 12.8. The zero-order valence-electron chi connectivity index (χ0n) is 21.6. The summed E-state index contributed by atoms with van der Waals surface area (Å²) < 4.78 is 33.9. The Bertz CT molecular complexity index is 1640. The number of rotatable bonds is 7. The smallest absolute Gasteiger partial charge is 0.387 e. The van der Waals surface area contributed by atoms with E-state index in [0.717, 1.165) is 11.1 Å². The molecule has 13 heteroatoms. The standard InChI is InChI=1S/C27H27F2N7O4/c1-33-24(38)21-4-3-17(9-22(21)36(33)13-18-8-16(15-37)2-5-23(18)40-25(28)29)19-10-30-26(31-11-19)34-6-7-35-20(14-34)12-32-27(35)39/h2-5,8-11,20,25,37H,6-7,12-15H2,1H3,(H,32,39)/t20-/m0/s1. The number of benzene rings is 2. The van der Waals surface area contributed by atoms with Gasteiger partial charge in [0, 0.05) is 56.7 Å².